The minimum absolute atomic E-state index is 0.343. The van der Waals surface area contributed by atoms with Gasteiger partial charge in [-0.1, -0.05) is 6.42 Å². The molecule has 0 amide bonds. The minimum atomic E-state index is 0.343. The predicted octanol–water partition coefficient (Wildman–Crippen LogP) is 1.77. The Labute approximate surface area is 122 Å². The van der Waals surface area contributed by atoms with Crippen LogP contribution in [0.2, 0.25) is 0 Å². The van der Waals surface area contributed by atoms with Crippen molar-refractivity contribution in [3.63, 3.8) is 0 Å². The molecule has 3 heterocycles. The van der Waals surface area contributed by atoms with Crippen LogP contribution >= 0.6 is 11.8 Å². The van der Waals surface area contributed by atoms with Gasteiger partial charge in [0.25, 0.3) is 0 Å². The van der Waals surface area contributed by atoms with Gasteiger partial charge in [0.2, 0.25) is 0 Å². The van der Waals surface area contributed by atoms with Crippen LogP contribution in [0.15, 0.2) is 0 Å². The second kappa shape index (κ2) is 6.33. The van der Waals surface area contributed by atoms with Crippen LogP contribution in [0.5, 0.6) is 0 Å². The summed E-state index contributed by atoms with van der Waals surface area (Å²) >= 11 is 2.11. The van der Waals surface area contributed by atoms with Gasteiger partial charge in [0.1, 0.15) is 0 Å². The van der Waals surface area contributed by atoms with E-state index >= 15 is 0 Å². The number of nitrogens with zero attached hydrogens (tertiary/aromatic N) is 2. The summed E-state index contributed by atoms with van der Waals surface area (Å²) in [5.41, 5.74) is 6.52. The molecule has 0 aliphatic carbocycles. The maximum Gasteiger partial charge on any atom is 0.0348 e. The summed E-state index contributed by atoms with van der Waals surface area (Å²) in [4.78, 5) is 5.51. The van der Waals surface area contributed by atoms with E-state index in [4.69, 9.17) is 5.73 Å². The average Bonchev–Trinajstić information content (AvgIpc) is 2.99. The molecule has 19 heavy (non-hydrogen) atoms. The Bertz CT molecular complexity index is 285. The van der Waals surface area contributed by atoms with Crippen molar-refractivity contribution >= 4 is 11.8 Å². The molecule has 3 saturated heterocycles. The van der Waals surface area contributed by atoms with Crippen LogP contribution in [0, 0.1) is 0 Å². The zero-order valence-electron chi connectivity index (χ0n) is 12.1. The van der Waals surface area contributed by atoms with E-state index in [9.17, 15) is 0 Å². The first-order valence-corrected chi connectivity index (χ1v) is 9.26. The van der Waals surface area contributed by atoms with Crippen LogP contribution in [0.25, 0.3) is 0 Å². The molecule has 2 N–H and O–H groups in total. The van der Waals surface area contributed by atoms with Crippen molar-refractivity contribution in [2.24, 2.45) is 5.73 Å². The molecule has 0 bridgehead atoms. The number of rotatable bonds is 3. The SMILES string of the molecule is NCC1(N2CCC(N3CCCCC3)C2)CCSCC1. The molecule has 1 atom stereocenters. The van der Waals surface area contributed by atoms with Gasteiger partial charge >= 0.3 is 0 Å². The van der Waals surface area contributed by atoms with Gasteiger partial charge in [-0.25, -0.2) is 0 Å². The standard InChI is InChI=1S/C15H29N3S/c16-13-15(5-10-19-11-6-15)18-9-4-14(12-18)17-7-2-1-3-8-17/h14H,1-13,16H2. The molecular formula is C15H29N3S. The Morgan fingerprint density at radius 1 is 1.05 bits per heavy atom. The molecule has 0 aromatic carbocycles. The number of hydrogen-bond acceptors (Lipinski definition) is 4. The van der Waals surface area contributed by atoms with Gasteiger partial charge in [-0.2, -0.15) is 11.8 Å². The Morgan fingerprint density at radius 3 is 2.47 bits per heavy atom. The number of likely N-dealkylation sites (tertiary alicyclic amines) is 2. The third-order valence-electron chi connectivity index (χ3n) is 5.54. The van der Waals surface area contributed by atoms with E-state index in [0.717, 1.165) is 12.6 Å². The van der Waals surface area contributed by atoms with Gasteiger partial charge in [-0.05, 0) is 56.7 Å². The van der Waals surface area contributed by atoms with E-state index in [1.165, 1.54) is 76.2 Å². The highest BCUT2D eigenvalue weighted by Crippen LogP contribution is 2.35. The van der Waals surface area contributed by atoms with Gasteiger partial charge in [-0.15, -0.1) is 0 Å². The maximum absolute atomic E-state index is 6.18. The molecule has 0 saturated carbocycles. The van der Waals surface area contributed by atoms with Crippen molar-refractivity contribution in [3.8, 4) is 0 Å². The Kier molecular flexibility index (Phi) is 4.73. The fourth-order valence-corrected chi connectivity index (χ4v) is 5.41. The molecule has 0 spiro atoms. The van der Waals surface area contributed by atoms with Crippen LogP contribution in [0.3, 0.4) is 0 Å². The van der Waals surface area contributed by atoms with Crippen LogP contribution in [-0.2, 0) is 0 Å². The van der Waals surface area contributed by atoms with E-state index in [1.54, 1.807) is 0 Å². The number of piperidine rings is 1. The van der Waals surface area contributed by atoms with Crippen molar-refractivity contribution in [1.29, 1.82) is 0 Å². The molecule has 110 valence electrons. The normalized spacial score (nSPS) is 33.6. The fraction of sp³-hybridized carbons (Fsp3) is 1.00. The molecule has 0 aromatic heterocycles. The number of hydrogen-bond donors (Lipinski definition) is 1. The van der Waals surface area contributed by atoms with Crippen molar-refractivity contribution < 1.29 is 0 Å². The Morgan fingerprint density at radius 2 is 1.79 bits per heavy atom. The van der Waals surface area contributed by atoms with Gasteiger partial charge in [0, 0.05) is 31.2 Å². The topological polar surface area (TPSA) is 32.5 Å². The number of thioether (sulfide) groups is 1. The Hall–Kier alpha value is 0.230. The summed E-state index contributed by atoms with van der Waals surface area (Å²) in [5, 5.41) is 0. The lowest BCUT2D eigenvalue weighted by atomic mass is 9.90. The monoisotopic (exact) mass is 283 g/mol. The number of nitrogens with two attached hydrogens (primary N) is 1. The summed E-state index contributed by atoms with van der Waals surface area (Å²) in [6.07, 6.45) is 8.25. The third kappa shape index (κ3) is 2.97. The van der Waals surface area contributed by atoms with Crippen LogP contribution < -0.4 is 5.73 Å². The molecule has 3 nitrogen and oxygen atoms in total. The van der Waals surface area contributed by atoms with Gasteiger partial charge in [-0.3, -0.25) is 9.80 Å². The van der Waals surface area contributed by atoms with Crippen molar-refractivity contribution in [1.82, 2.24) is 9.80 Å². The predicted molar refractivity (Wildman–Crippen MR) is 83.7 cm³/mol. The third-order valence-corrected chi connectivity index (χ3v) is 6.53. The molecule has 3 fully saturated rings. The van der Waals surface area contributed by atoms with Crippen LogP contribution in [0.4, 0.5) is 0 Å². The second-order valence-electron chi connectivity index (χ2n) is 6.53. The van der Waals surface area contributed by atoms with E-state index in [0.29, 0.717) is 5.54 Å². The van der Waals surface area contributed by atoms with Gasteiger partial charge in [0.05, 0.1) is 0 Å². The molecule has 1 unspecified atom stereocenters. The van der Waals surface area contributed by atoms with E-state index in [-0.39, 0.29) is 0 Å². The van der Waals surface area contributed by atoms with Gasteiger partial charge in [0.15, 0.2) is 0 Å². The van der Waals surface area contributed by atoms with Crippen molar-refractivity contribution in [3.05, 3.63) is 0 Å². The zero-order chi connectivity index (χ0) is 13.1. The zero-order valence-corrected chi connectivity index (χ0v) is 13.0. The molecular weight excluding hydrogens is 254 g/mol. The summed E-state index contributed by atoms with van der Waals surface area (Å²) in [6.45, 7) is 6.10. The lowest BCUT2D eigenvalue weighted by Gasteiger charge is -2.44. The first kappa shape index (κ1) is 14.2. The van der Waals surface area contributed by atoms with Crippen LogP contribution in [0.1, 0.15) is 38.5 Å². The highest BCUT2D eigenvalue weighted by Gasteiger charge is 2.41. The summed E-state index contributed by atoms with van der Waals surface area (Å²) in [5.74, 6) is 2.62. The highest BCUT2D eigenvalue weighted by atomic mass is 32.2. The smallest absolute Gasteiger partial charge is 0.0348 e. The van der Waals surface area contributed by atoms with Gasteiger partial charge < -0.3 is 5.73 Å². The minimum Gasteiger partial charge on any atom is -0.329 e. The van der Waals surface area contributed by atoms with Crippen molar-refractivity contribution in [2.45, 2.75) is 50.1 Å². The summed E-state index contributed by atoms with van der Waals surface area (Å²) in [6, 6.07) is 0.818. The lowest BCUT2D eigenvalue weighted by Crippen LogP contribution is -2.56. The largest absolute Gasteiger partial charge is 0.329 e. The fourth-order valence-electron chi connectivity index (χ4n) is 4.16. The van der Waals surface area contributed by atoms with Crippen molar-refractivity contribution in [2.75, 3.05) is 44.2 Å². The highest BCUT2D eigenvalue weighted by molar-refractivity contribution is 7.99. The van der Waals surface area contributed by atoms with E-state index in [2.05, 4.69) is 21.6 Å². The molecule has 0 aromatic rings. The molecule has 3 rings (SSSR count). The van der Waals surface area contributed by atoms with E-state index < -0.39 is 0 Å². The summed E-state index contributed by atoms with van der Waals surface area (Å²) < 4.78 is 0. The van der Waals surface area contributed by atoms with E-state index in [1.807, 2.05) is 0 Å². The second-order valence-corrected chi connectivity index (χ2v) is 7.75. The average molecular weight is 283 g/mol. The molecule has 3 aliphatic heterocycles. The first-order chi connectivity index (χ1) is 9.34. The molecule has 4 heteroatoms. The summed E-state index contributed by atoms with van der Waals surface area (Å²) in [7, 11) is 0. The lowest BCUT2D eigenvalue weighted by molar-refractivity contribution is 0.0932. The quantitative estimate of drug-likeness (QED) is 0.856. The van der Waals surface area contributed by atoms with Crippen LogP contribution in [-0.4, -0.2) is 65.6 Å². The molecule has 3 aliphatic rings. The Balaban J connectivity index is 1.60. The first-order valence-electron chi connectivity index (χ1n) is 8.11. The maximum atomic E-state index is 6.18. The molecule has 0 radical (unpaired) electrons.